The van der Waals surface area contributed by atoms with Crippen LogP contribution in [0.5, 0.6) is 0 Å². The number of nitrogens with one attached hydrogen (secondary N) is 2. The molecule has 0 saturated heterocycles. The van der Waals surface area contributed by atoms with Gasteiger partial charge in [0, 0.05) is 11.3 Å². The van der Waals surface area contributed by atoms with Gasteiger partial charge in [0.25, 0.3) is 0 Å². The highest BCUT2D eigenvalue weighted by molar-refractivity contribution is 7.80. The van der Waals surface area contributed by atoms with E-state index in [2.05, 4.69) is 10.6 Å². The van der Waals surface area contributed by atoms with Crippen LogP contribution in [0.15, 0.2) is 36.4 Å². The lowest BCUT2D eigenvalue weighted by atomic mass is 10.2. The molecule has 2 rings (SSSR count). The summed E-state index contributed by atoms with van der Waals surface area (Å²) in [4.78, 5) is 0. The molecule has 0 aliphatic heterocycles. The number of rotatable bonds is 2. The molecule has 2 N–H and O–H groups in total. The second kappa shape index (κ2) is 6.15. The van der Waals surface area contributed by atoms with Crippen molar-refractivity contribution in [2.45, 2.75) is 6.92 Å². The van der Waals surface area contributed by atoms with Gasteiger partial charge in [-0.2, -0.15) is 0 Å². The van der Waals surface area contributed by atoms with Crippen molar-refractivity contribution in [2.75, 3.05) is 10.6 Å². The quantitative estimate of drug-likeness (QED) is 0.784. The summed E-state index contributed by atoms with van der Waals surface area (Å²) >= 11 is 11.0. The molecule has 104 valence electrons. The maximum atomic E-state index is 13.4. The molecule has 20 heavy (non-hydrogen) atoms. The summed E-state index contributed by atoms with van der Waals surface area (Å²) in [5, 5.41) is 6.16. The highest BCUT2D eigenvalue weighted by Crippen LogP contribution is 2.23. The van der Waals surface area contributed by atoms with Gasteiger partial charge in [-0.15, -0.1) is 0 Å². The zero-order valence-electron chi connectivity index (χ0n) is 10.5. The van der Waals surface area contributed by atoms with Gasteiger partial charge in [-0.05, 0) is 49.5 Å². The Morgan fingerprint density at radius 1 is 1.10 bits per heavy atom. The van der Waals surface area contributed by atoms with Gasteiger partial charge in [0.1, 0.15) is 11.6 Å². The number of anilines is 2. The molecule has 2 nitrogen and oxygen atoms in total. The number of benzene rings is 2. The van der Waals surface area contributed by atoms with E-state index in [-0.39, 0.29) is 16.0 Å². The second-order valence-corrected chi connectivity index (χ2v) is 4.93. The monoisotopic (exact) mass is 312 g/mol. The van der Waals surface area contributed by atoms with Crippen LogP contribution < -0.4 is 10.6 Å². The van der Waals surface area contributed by atoms with E-state index < -0.39 is 5.82 Å². The summed E-state index contributed by atoms with van der Waals surface area (Å²) in [5.41, 5.74) is 1.49. The lowest BCUT2D eigenvalue weighted by molar-refractivity contribution is 0.619. The van der Waals surface area contributed by atoms with Crippen molar-refractivity contribution in [3.05, 3.63) is 58.6 Å². The molecular formula is C14H11ClF2N2S. The Morgan fingerprint density at radius 3 is 2.50 bits per heavy atom. The molecule has 0 bridgehead atoms. The minimum absolute atomic E-state index is 0.213. The third-order valence-electron chi connectivity index (χ3n) is 2.70. The molecule has 0 saturated carbocycles. The third-order valence-corrected chi connectivity index (χ3v) is 3.21. The standard InChI is InChI=1S/C14H11ClF2N2S/c1-8-11(17)3-2-4-12(8)18-14(20)19-13-6-5-9(16)7-10(13)15/h2-7H,1H3,(H2,18,19,20). The fraction of sp³-hybridized carbons (Fsp3) is 0.0714. The minimum Gasteiger partial charge on any atom is -0.332 e. The first-order valence-corrected chi connectivity index (χ1v) is 6.54. The Bertz CT molecular complexity index is 662. The van der Waals surface area contributed by atoms with Crippen LogP contribution >= 0.6 is 23.8 Å². The summed E-state index contributed by atoms with van der Waals surface area (Å²) in [6, 6.07) is 8.58. The Labute approximate surface area is 125 Å². The normalized spacial score (nSPS) is 10.2. The van der Waals surface area contributed by atoms with Crippen LogP contribution in [0.1, 0.15) is 5.56 Å². The summed E-state index contributed by atoms with van der Waals surface area (Å²) in [6.45, 7) is 1.64. The molecule has 0 fully saturated rings. The largest absolute Gasteiger partial charge is 0.332 e. The Kier molecular flexibility index (Phi) is 4.52. The molecule has 0 heterocycles. The molecule has 0 radical (unpaired) electrons. The molecule has 0 atom stereocenters. The van der Waals surface area contributed by atoms with E-state index >= 15 is 0 Å². The fourth-order valence-electron chi connectivity index (χ4n) is 1.61. The highest BCUT2D eigenvalue weighted by atomic mass is 35.5. The fourth-order valence-corrected chi connectivity index (χ4v) is 2.04. The Morgan fingerprint density at radius 2 is 1.80 bits per heavy atom. The van der Waals surface area contributed by atoms with Gasteiger partial charge in [0.05, 0.1) is 10.7 Å². The van der Waals surface area contributed by atoms with Crippen molar-refractivity contribution in [3.63, 3.8) is 0 Å². The summed E-state index contributed by atoms with van der Waals surface area (Å²) in [7, 11) is 0. The van der Waals surface area contributed by atoms with E-state index in [4.69, 9.17) is 23.8 Å². The van der Waals surface area contributed by atoms with Crippen molar-refractivity contribution < 1.29 is 8.78 Å². The van der Waals surface area contributed by atoms with E-state index in [1.165, 1.54) is 24.3 Å². The van der Waals surface area contributed by atoms with Gasteiger partial charge in [0.2, 0.25) is 0 Å². The first kappa shape index (κ1) is 14.7. The topological polar surface area (TPSA) is 24.1 Å². The third kappa shape index (κ3) is 3.43. The lowest BCUT2D eigenvalue weighted by Crippen LogP contribution is -2.20. The van der Waals surface area contributed by atoms with Gasteiger partial charge in [0.15, 0.2) is 5.11 Å². The van der Waals surface area contributed by atoms with Crippen LogP contribution in [0.25, 0.3) is 0 Å². The van der Waals surface area contributed by atoms with Crippen molar-refractivity contribution in [2.24, 2.45) is 0 Å². The Hall–Kier alpha value is -1.72. The molecule has 0 aliphatic rings. The van der Waals surface area contributed by atoms with E-state index in [0.29, 0.717) is 16.9 Å². The zero-order chi connectivity index (χ0) is 14.7. The van der Waals surface area contributed by atoms with Crippen LogP contribution in [-0.2, 0) is 0 Å². The Balaban J connectivity index is 2.11. The van der Waals surface area contributed by atoms with E-state index in [1.807, 2.05) is 0 Å². The van der Waals surface area contributed by atoms with Crippen molar-refractivity contribution >= 4 is 40.3 Å². The van der Waals surface area contributed by atoms with Crippen LogP contribution in [-0.4, -0.2) is 5.11 Å². The molecule has 0 amide bonds. The van der Waals surface area contributed by atoms with Crippen molar-refractivity contribution in [1.82, 2.24) is 0 Å². The summed E-state index contributed by atoms with van der Waals surface area (Å²) in [5.74, 6) is -0.752. The average molecular weight is 313 g/mol. The predicted molar refractivity (Wildman–Crippen MR) is 82.4 cm³/mol. The van der Waals surface area contributed by atoms with E-state index in [0.717, 1.165) is 0 Å². The number of thiocarbonyl (C=S) groups is 1. The van der Waals surface area contributed by atoms with Gasteiger partial charge in [-0.1, -0.05) is 17.7 Å². The summed E-state index contributed by atoms with van der Waals surface area (Å²) < 4.78 is 26.3. The zero-order valence-corrected chi connectivity index (χ0v) is 12.1. The first-order chi connectivity index (χ1) is 9.47. The first-order valence-electron chi connectivity index (χ1n) is 5.75. The van der Waals surface area contributed by atoms with E-state index in [9.17, 15) is 8.78 Å². The van der Waals surface area contributed by atoms with Gasteiger partial charge >= 0.3 is 0 Å². The van der Waals surface area contributed by atoms with Crippen molar-refractivity contribution in [1.29, 1.82) is 0 Å². The number of hydrogen-bond acceptors (Lipinski definition) is 1. The maximum absolute atomic E-state index is 13.4. The predicted octanol–water partition coefficient (Wildman–Crippen LogP) is 4.74. The average Bonchev–Trinajstić information content (AvgIpc) is 2.38. The SMILES string of the molecule is Cc1c(F)cccc1NC(=S)Nc1ccc(F)cc1Cl. The van der Waals surface area contributed by atoms with Gasteiger partial charge in [-0.3, -0.25) is 0 Å². The molecule has 0 spiro atoms. The summed E-state index contributed by atoms with van der Waals surface area (Å²) in [6.07, 6.45) is 0. The van der Waals surface area contributed by atoms with Crippen LogP contribution in [0.2, 0.25) is 5.02 Å². The molecule has 0 unspecified atom stereocenters. The number of halogens is 3. The minimum atomic E-state index is -0.430. The van der Waals surface area contributed by atoms with Crippen LogP contribution in [0.3, 0.4) is 0 Å². The molecular weight excluding hydrogens is 302 g/mol. The smallest absolute Gasteiger partial charge is 0.175 e. The maximum Gasteiger partial charge on any atom is 0.175 e. The van der Waals surface area contributed by atoms with Crippen molar-refractivity contribution in [3.8, 4) is 0 Å². The molecule has 0 aliphatic carbocycles. The highest BCUT2D eigenvalue weighted by Gasteiger charge is 2.07. The molecule has 0 aromatic heterocycles. The molecule has 2 aromatic rings. The van der Waals surface area contributed by atoms with Gasteiger partial charge in [-0.25, -0.2) is 8.78 Å². The molecule has 2 aromatic carbocycles. The second-order valence-electron chi connectivity index (χ2n) is 4.12. The van der Waals surface area contributed by atoms with Crippen LogP contribution in [0, 0.1) is 18.6 Å². The van der Waals surface area contributed by atoms with E-state index in [1.54, 1.807) is 19.1 Å². The molecule has 6 heteroatoms. The van der Waals surface area contributed by atoms with Crippen LogP contribution in [0.4, 0.5) is 20.2 Å². The van der Waals surface area contributed by atoms with Gasteiger partial charge < -0.3 is 10.6 Å². The lowest BCUT2D eigenvalue weighted by Gasteiger charge is -2.13. The number of hydrogen-bond donors (Lipinski definition) is 2.